The number of benzene rings is 3. The molecule has 1 aliphatic carbocycles. The van der Waals surface area contributed by atoms with E-state index in [1.54, 1.807) is 11.8 Å². The van der Waals surface area contributed by atoms with Gasteiger partial charge in [-0.1, -0.05) is 104 Å². The molecule has 0 unspecified atom stereocenters. The van der Waals surface area contributed by atoms with Crippen LogP contribution in [0.5, 0.6) is 0 Å². The molecule has 2 atom stereocenters. The average molecular weight is 528 g/mol. The molecule has 0 spiro atoms. The van der Waals surface area contributed by atoms with E-state index >= 15 is 0 Å². The number of aliphatic hydroxyl groups is 1. The second-order valence-corrected chi connectivity index (χ2v) is 11.1. The highest BCUT2D eigenvalue weighted by molar-refractivity contribution is 7.98. The van der Waals surface area contributed by atoms with Gasteiger partial charge in [0.05, 0.1) is 36.1 Å². The van der Waals surface area contributed by atoms with Crippen LogP contribution < -0.4 is 5.32 Å². The second kappa shape index (κ2) is 12.6. The zero-order valence-corrected chi connectivity index (χ0v) is 22.9. The van der Waals surface area contributed by atoms with E-state index in [9.17, 15) is 9.90 Å². The first-order chi connectivity index (χ1) is 18.7. The Morgan fingerprint density at radius 2 is 1.63 bits per heavy atom. The summed E-state index contributed by atoms with van der Waals surface area (Å²) in [5.74, 6) is 0.0905. The van der Waals surface area contributed by atoms with E-state index in [4.69, 9.17) is 4.98 Å². The minimum absolute atomic E-state index is 0.0119. The van der Waals surface area contributed by atoms with Crippen LogP contribution >= 0.6 is 11.8 Å². The Kier molecular flexibility index (Phi) is 8.82. The maximum atomic E-state index is 13.8. The van der Waals surface area contributed by atoms with Crippen LogP contribution in [0.15, 0.2) is 84.0 Å². The van der Waals surface area contributed by atoms with Gasteiger partial charge in [-0.2, -0.15) is 0 Å². The lowest BCUT2D eigenvalue weighted by atomic mass is 9.80. The van der Waals surface area contributed by atoms with Gasteiger partial charge < -0.3 is 15.0 Å². The van der Waals surface area contributed by atoms with Crippen molar-refractivity contribution in [3.63, 3.8) is 0 Å². The van der Waals surface area contributed by atoms with Gasteiger partial charge in [0.2, 0.25) is 5.91 Å². The number of rotatable bonds is 9. The van der Waals surface area contributed by atoms with Gasteiger partial charge in [-0.3, -0.25) is 4.79 Å². The number of carbonyl (C=O) groups is 1. The lowest BCUT2D eigenvalue weighted by Gasteiger charge is -2.28. The summed E-state index contributed by atoms with van der Waals surface area (Å²) in [5.41, 5.74) is 5.31. The Bertz CT molecular complexity index is 1330. The molecule has 3 aromatic carbocycles. The van der Waals surface area contributed by atoms with Crippen LogP contribution in [0.3, 0.4) is 0 Å². The van der Waals surface area contributed by atoms with Crippen molar-refractivity contribution in [1.29, 1.82) is 0 Å². The first-order valence-corrected chi connectivity index (χ1v) is 14.9. The third-order valence-electron chi connectivity index (χ3n) is 7.84. The van der Waals surface area contributed by atoms with Crippen LogP contribution in [0, 0.1) is 5.92 Å². The fourth-order valence-electron chi connectivity index (χ4n) is 5.84. The summed E-state index contributed by atoms with van der Waals surface area (Å²) in [5, 5.41) is 14.3. The topological polar surface area (TPSA) is 67.2 Å². The number of carbonyl (C=O) groups excluding carboxylic acids is 1. The molecule has 0 radical (unpaired) electrons. The lowest BCUT2D eigenvalue weighted by molar-refractivity contribution is -0.125. The van der Waals surface area contributed by atoms with Gasteiger partial charge in [-0.25, -0.2) is 4.98 Å². The fraction of sp³-hybridized carbons (Fsp3) is 0.375. The van der Waals surface area contributed by atoms with Gasteiger partial charge >= 0.3 is 0 Å². The number of nitrogens with zero attached hydrogens (tertiary/aromatic N) is 2. The highest BCUT2D eigenvalue weighted by Crippen LogP contribution is 2.36. The molecule has 38 heavy (non-hydrogen) atoms. The van der Waals surface area contributed by atoms with Crippen molar-refractivity contribution in [2.24, 2.45) is 5.92 Å². The quantitative estimate of drug-likeness (QED) is 0.188. The Balaban J connectivity index is 1.40. The number of aliphatic hydroxyl groups excluding tert-OH is 1. The summed E-state index contributed by atoms with van der Waals surface area (Å²) in [4.78, 5) is 18.6. The highest BCUT2D eigenvalue weighted by Gasteiger charge is 2.31. The zero-order chi connectivity index (χ0) is 26.3. The molecule has 5 nitrogen and oxygen atoms in total. The molecular formula is C32H37N3O2S. The molecular weight excluding hydrogens is 490 g/mol. The largest absolute Gasteiger partial charge is 0.394 e. The Hall–Kier alpha value is -3.09. The van der Waals surface area contributed by atoms with Crippen molar-refractivity contribution < 1.29 is 9.90 Å². The van der Waals surface area contributed by atoms with Gasteiger partial charge in [0, 0.05) is 0 Å². The normalized spacial score (nSPS) is 16.2. The van der Waals surface area contributed by atoms with Gasteiger partial charge in [0.15, 0.2) is 5.16 Å². The monoisotopic (exact) mass is 527 g/mol. The summed E-state index contributed by atoms with van der Waals surface area (Å²) in [6, 6.07) is 26.2. The predicted molar refractivity (Wildman–Crippen MR) is 155 cm³/mol. The van der Waals surface area contributed by atoms with E-state index in [-0.39, 0.29) is 18.4 Å². The number of hydrogen-bond acceptors (Lipinski definition) is 4. The van der Waals surface area contributed by atoms with Gasteiger partial charge in [-0.15, -0.1) is 0 Å². The van der Waals surface area contributed by atoms with Crippen molar-refractivity contribution in [3.8, 4) is 0 Å². The SMILES string of the molecule is CSc1nc2ccccc2n1Cc1ccc([C@@H](C(=O)N[C@@H](CO)c2ccccc2)C2CCCCCC2)cc1. The molecule has 5 rings (SSSR count). The van der Waals surface area contributed by atoms with Crippen LogP contribution in [-0.2, 0) is 11.3 Å². The first kappa shape index (κ1) is 26.5. The van der Waals surface area contributed by atoms with Crippen LogP contribution in [-0.4, -0.2) is 33.4 Å². The molecule has 1 heterocycles. The first-order valence-electron chi connectivity index (χ1n) is 13.7. The van der Waals surface area contributed by atoms with Crippen LogP contribution in [0.25, 0.3) is 11.0 Å². The molecule has 0 bridgehead atoms. The molecule has 6 heteroatoms. The number of aromatic nitrogens is 2. The standard InChI is InChI=1S/C32H37N3O2S/c1-38-32-34-27-15-9-10-16-29(27)35(32)21-23-17-19-26(20-18-23)30(25-13-5-2-3-6-14-25)31(37)33-28(22-36)24-11-7-4-8-12-24/h4,7-12,15-20,25,28,30,36H,2-3,5-6,13-14,21-22H2,1H3,(H,33,37)/t28-,30-/m0/s1. The van der Waals surface area contributed by atoms with E-state index in [2.05, 4.69) is 58.6 Å². The maximum absolute atomic E-state index is 13.8. The number of nitrogens with one attached hydrogen (secondary N) is 1. The molecule has 1 aliphatic rings. The smallest absolute Gasteiger partial charge is 0.228 e. The number of imidazole rings is 1. The van der Waals surface area contributed by atoms with Crippen molar-refractivity contribution in [2.45, 2.75) is 62.2 Å². The average Bonchev–Trinajstić information content (AvgIpc) is 3.10. The van der Waals surface area contributed by atoms with Gasteiger partial charge in [-0.05, 0) is 53.8 Å². The Morgan fingerprint density at radius 3 is 2.32 bits per heavy atom. The number of fused-ring (bicyclic) bond motifs is 1. The molecule has 0 aliphatic heterocycles. The second-order valence-electron chi connectivity index (χ2n) is 10.3. The van der Waals surface area contributed by atoms with Gasteiger partial charge in [0.1, 0.15) is 0 Å². The maximum Gasteiger partial charge on any atom is 0.228 e. The summed E-state index contributed by atoms with van der Waals surface area (Å²) in [6.07, 6.45) is 9.00. The van der Waals surface area contributed by atoms with E-state index in [0.29, 0.717) is 5.92 Å². The third-order valence-corrected chi connectivity index (χ3v) is 8.51. The molecule has 1 amide bonds. The molecule has 4 aromatic rings. The van der Waals surface area contributed by atoms with Crippen LogP contribution in [0.4, 0.5) is 0 Å². The fourth-order valence-corrected chi connectivity index (χ4v) is 6.41. The van der Waals surface area contributed by atoms with Crippen molar-refractivity contribution in [3.05, 3.63) is 95.6 Å². The summed E-state index contributed by atoms with van der Waals surface area (Å²) < 4.78 is 2.26. The lowest BCUT2D eigenvalue weighted by Crippen LogP contribution is -2.37. The third kappa shape index (κ3) is 5.97. The van der Waals surface area contributed by atoms with Crippen molar-refractivity contribution in [1.82, 2.24) is 14.9 Å². The zero-order valence-electron chi connectivity index (χ0n) is 22.1. The minimum Gasteiger partial charge on any atom is -0.394 e. The van der Waals surface area contributed by atoms with Gasteiger partial charge in [0.25, 0.3) is 0 Å². The Labute approximate surface area is 229 Å². The van der Waals surface area contributed by atoms with Crippen molar-refractivity contribution >= 4 is 28.7 Å². The molecule has 1 aromatic heterocycles. The Morgan fingerprint density at radius 1 is 0.947 bits per heavy atom. The molecule has 0 saturated heterocycles. The number of hydrogen-bond donors (Lipinski definition) is 2. The minimum atomic E-state index is -0.407. The predicted octanol–water partition coefficient (Wildman–Crippen LogP) is 6.71. The molecule has 1 fully saturated rings. The van der Waals surface area contributed by atoms with Crippen molar-refractivity contribution in [2.75, 3.05) is 12.9 Å². The summed E-state index contributed by atoms with van der Waals surface area (Å²) >= 11 is 1.66. The van der Waals surface area contributed by atoms with E-state index < -0.39 is 6.04 Å². The number of amides is 1. The molecule has 2 N–H and O–H groups in total. The van der Waals surface area contributed by atoms with E-state index in [0.717, 1.165) is 46.7 Å². The highest BCUT2D eigenvalue weighted by atomic mass is 32.2. The molecule has 198 valence electrons. The van der Waals surface area contributed by atoms with E-state index in [1.807, 2.05) is 36.4 Å². The van der Waals surface area contributed by atoms with Crippen LogP contribution in [0.1, 0.15) is 67.2 Å². The molecule has 1 saturated carbocycles. The summed E-state index contributed by atoms with van der Waals surface area (Å²) in [7, 11) is 0. The van der Waals surface area contributed by atoms with Crippen LogP contribution in [0.2, 0.25) is 0 Å². The summed E-state index contributed by atoms with van der Waals surface area (Å²) in [6.45, 7) is 0.612. The number of para-hydroxylation sites is 2. The van der Waals surface area contributed by atoms with E-state index in [1.165, 1.54) is 31.2 Å². The number of thioether (sulfide) groups is 1.